The van der Waals surface area contributed by atoms with Crippen molar-refractivity contribution in [2.45, 2.75) is 26.3 Å². The topological polar surface area (TPSA) is 62.6 Å². The quantitative estimate of drug-likeness (QED) is 0.554. The molecular formula is C23H20Cl2N2O3. The van der Waals surface area contributed by atoms with Crippen molar-refractivity contribution < 1.29 is 14.0 Å². The van der Waals surface area contributed by atoms with E-state index in [-0.39, 0.29) is 11.8 Å². The molecule has 1 N–H and O–H groups in total. The lowest BCUT2D eigenvalue weighted by Crippen LogP contribution is -2.35. The van der Waals surface area contributed by atoms with Crippen molar-refractivity contribution in [1.82, 2.24) is 4.90 Å². The van der Waals surface area contributed by atoms with Crippen LogP contribution in [0.15, 0.2) is 52.9 Å². The van der Waals surface area contributed by atoms with Gasteiger partial charge in [0.2, 0.25) is 5.91 Å². The molecule has 3 aromatic rings. The molecule has 30 heavy (non-hydrogen) atoms. The number of nitrogens with zero attached hydrogens (tertiary/aromatic N) is 1. The van der Waals surface area contributed by atoms with Crippen molar-refractivity contribution in [2.24, 2.45) is 0 Å². The van der Waals surface area contributed by atoms with Crippen LogP contribution in [0.3, 0.4) is 0 Å². The van der Waals surface area contributed by atoms with E-state index in [0.717, 1.165) is 28.3 Å². The summed E-state index contributed by atoms with van der Waals surface area (Å²) in [6, 6.07) is 14.4. The van der Waals surface area contributed by atoms with E-state index in [9.17, 15) is 9.59 Å². The van der Waals surface area contributed by atoms with Crippen LogP contribution in [-0.4, -0.2) is 23.3 Å². The summed E-state index contributed by atoms with van der Waals surface area (Å²) < 4.78 is 6.04. The summed E-state index contributed by atoms with van der Waals surface area (Å²) in [6.45, 7) is 2.86. The molecule has 1 aliphatic heterocycles. The van der Waals surface area contributed by atoms with E-state index in [4.69, 9.17) is 27.6 Å². The predicted octanol–water partition coefficient (Wildman–Crippen LogP) is 5.80. The molecule has 1 aliphatic rings. The normalized spacial score (nSPS) is 13.1. The molecule has 0 fully saturated rings. The second-order valence-corrected chi connectivity index (χ2v) is 7.96. The van der Waals surface area contributed by atoms with Crippen LogP contribution in [0, 0.1) is 0 Å². The summed E-state index contributed by atoms with van der Waals surface area (Å²) in [4.78, 5) is 26.2. The first kappa shape index (κ1) is 20.5. The summed E-state index contributed by atoms with van der Waals surface area (Å²) in [7, 11) is 0. The van der Waals surface area contributed by atoms with Gasteiger partial charge in [-0.25, -0.2) is 0 Å². The molecule has 2 aromatic carbocycles. The summed E-state index contributed by atoms with van der Waals surface area (Å²) in [5.41, 5.74) is 3.18. The zero-order valence-electron chi connectivity index (χ0n) is 16.4. The number of carbonyl (C=O) groups excluding carboxylic acids is 2. The third kappa shape index (κ3) is 4.23. The van der Waals surface area contributed by atoms with Gasteiger partial charge >= 0.3 is 0 Å². The third-order valence-electron chi connectivity index (χ3n) is 5.09. The number of benzene rings is 2. The van der Waals surface area contributed by atoms with E-state index in [2.05, 4.69) is 5.32 Å². The summed E-state index contributed by atoms with van der Waals surface area (Å²) in [5.74, 6) is 1.53. The van der Waals surface area contributed by atoms with Gasteiger partial charge in [-0.2, -0.15) is 0 Å². The molecular weight excluding hydrogens is 423 g/mol. The Morgan fingerprint density at radius 3 is 2.53 bits per heavy atom. The highest BCUT2D eigenvalue weighted by molar-refractivity contribution is 6.42. The number of rotatable bonds is 4. The second kappa shape index (κ2) is 8.54. The monoisotopic (exact) mass is 442 g/mol. The van der Waals surface area contributed by atoms with E-state index in [1.54, 1.807) is 23.1 Å². The second-order valence-electron chi connectivity index (χ2n) is 7.14. The number of amides is 2. The smallest absolute Gasteiger partial charge is 0.254 e. The first-order valence-corrected chi connectivity index (χ1v) is 10.5. The van der Waals surface area contributed by atoms with Crippen LogP contribution in [0.4, 0.5) is 5.69 Å². The van der Waals surface area contributed by atoms with Gasteiger partial charge in [0.1, 0.15) is 11.5 Å². The highest BCUT2D eigenvalue weighted by atomic mass is 35.5. The molecule has 1 aromatic heterocycles. The molecule has 154 valence electrons. The molecule has 0 radical (unpaired) electrons. The van der Waals surface area contributed by atoms with Gasteiger partial charge < -0.3 is 14.6 Å². The number of nitrogens with one attached hydrogen (secondary N) is 1. The zero-order valence-corrected chi connectivity index (χ0v) is 17.9. The van der Waals surface area contributed by atoms with Crippen molar-refractivity contribution >= 4 is 40.7 Å². The molecule has 0 aliphatic carbocycles. The van der Waals surface area contributed by atoms with Gasteiger partial charge in [0.15, 0.2) is 0 Å². The minimum absolute atomic E-state index is 0.0250. The Bertz CT molecular complexity index is 1110. The molecule has 4 rings (SSSR count). The van der Waals surface area contributed by atoms with Crippen molar-refractivity contribution in [1.29, 1.82) is 0 Å². The third-order valence-corrected chi connectivity index (χ3v) is 5.83. The van der Waals surface area contributed by atoms with Crippen molar-refractivity contribution in [2.75, 3.05) is 11.9 Å². The minimum Gasteiger partial charge on any atom is -0.461 e. The van der Waals surface area contributed by atoms with Gasteiger partial charge in [-0.3, -0.25) is 9.59 Å². The number of halogens is 2. The van der Waals surface area contributed by atoms with E-state index in [0.29, 0.717) is 41.5 Å². The maximum atomic E-state index is 12.9. The van der Waals surface area contributed by atoms with Gasteiger partial charge in [-0.1, -0.05) is 30.1 Å². The molecule has 0 atom stereocenters. The number of hydrogen-bond donors (Lipinski definition) is 1. The number of fused-ring (bicyclic) bond motifs is 1. The molecule has 2 amide bonds. The standard InChI is InChI=1S/C23H20Cl2N2O3/c1-2-22(28)26-17-6-3-14(4-7-17)21-12-16-13-27(10-9-20(16)30-21)23(29)15-5-8-18(24)19(25)11-15/h3-8,11-12H,2,9-10,13H2,1H3,(H,26,28). The van der Waals surface area contributed by atoms with Crippen LogP contribution in [0.2, 0.25) is 10.0 Å². The van der Waals surface area contributed by atoms with Crippen molar-refractivity contribution in [3.63, 3.8) is 0 Å². The SMILES string of the molecule is CCC(=O)Nc1ccc(-c2cc3c(o2)CCN(C(=O)c2ccc(Cl)c(Cl)c2)C3)cc1. The average Bonchev–Trinajstić information content (AvgIpc) is 3.19. The Labute approximate surface area is 184 Å². The number of carbonyl (C=O) groups is 2. The summed E-state index contributed by atoms with van der Waals surface area (Å²) >= 11 is 12.0. The average molecular weight is 443 g/mol. The summed E-state index contributed by atoms with van der Waals surface area (Å²) in [5, 5.41) is 3.62. The molecule has 0 spiro atoms. The zero-order chi connectivity index (χ0) is 21.3. The van der Waals surface area contributed by atoms with Crippen LogP contribution in [0.5, 0.6) is 0 Å². The van der Waals surface area contributed by atoms with Crippen LogP contribution in [0.1, 0.15) is 35.0 Å². The van der Waals surface area contributed by atoms with Crippen molar-refractivity contribution in [3.05, 3.63) is 75.5 Å². The number of anilines is 1. The van der Waals surface area contributed by atoms with Gasteiger partial charge in [-0.05, 0) is 48.5 Å². The number of furan rings is 1. The van der Waals surface area contributed by atoms with Gasteiger partial charge in [-0.15, -0.1) is 0 Å². The lowest BCUT2D eigenvalue weighted by atomic mass is 10.1. The lowest BCUT2D eigenvalue weighted by molar-refractivity contribution is -0.115. The molecule has 0 saturated heterocycles. The Hall–Kier alpha value is -2.76. The van der Waals surface area contributed by atoms with E-state index in [1.807, 2.05) is 37.3 Å². The molecule has 2 heterocycles. The number of hydrogen-bond acceptors (Lipinski definition) is 3. The molecule has 7 heteroatoms. The van der Waals surface area contributed by atoms with Gasteiger partial charge in [0.25, 0.3) is 5.91 Å². The maximum Gasteiger partial charge on any atom is 0.254 e. The predicted molar refractivity (Wildman–Crippen MR) is 118 cm³/mol. The van der Waals surface area contributed by atoms with E-state index in [1.165, 1.54) is 0 Å². The Balaban J connectivity index is 1.50. The lowest BCUT2D eigenvalue weighted by Gasteiger charge is -2.26. The molecule has 0 bridgehead atoms. The maximum absolute atomic E-state index is 12.9. The Kier molecular flexibility index (Phi) is 5.84. The summed E-state index contributed by atoms with van der Waals surface area (Å²) in [6.07, 6.45) is 1.08. The van der Waals surface area contributed by atoms with Gasteiger partial charge in [0.05, 0.1) is 10.0 Å². The molecule has 0 saturated carbocycles. The highest BCUT2D eigenvalue weighted by Gasteiger charge is 2.25. The van der Waals surface area contributed by atoms with Crippen molar-refractivity contribution in [3.8, 4) is 11.3 Å². The fourth-order valence-electron chi connectivity index (χ4n) is 3.43. The highest BCUT2D eigenvalue weighted by Crippen LogP contribution is 2.31. The Morgan fingerprint density at radius 2 is 1.83 bits per heavy atom. The molecule has 5 nitrogen and oxygen atoms in total. The van der Waals surface area contributed by atoms with E-state index < -0.39 is 0 Å². The van der Waals surface area contributed by atoms with Crippen LogP contribution in [0.25, 0.3) is 11.3 Å². The largest absolute Gasteiger partial charge is 0.461 e. The van der Waals surface area contributed by atoms with Crippen LogP contribution in [-0.2, 0) is 17.8 Å². The van der Waals surface area contributed by atoms with Gasteiger partial charge in [0, 0.05) is 48.3 Å². The van der Waals surface area contributed by atoms with Crippen LogP contribution >= 0.6 is 23.2 Å². The first-order chi connectivity index (χ1) is 14.4. The minimum atomic E-state index is -0.0852. The van der Waals surface area contributed by atoms with Crippen LogP contribution < -0.4 is 5.32 Å². The Morgan fingerprint density at radius 1 is 1.07 bits per heavy atom. The van der Waals surface area contributed by atoms with E-state index >= 15 is 0 Å². The molecule has 0 unspecified atom stereocenters. The fourth-order valence-corrected chi connectivity index (χ4v) is 3.73. The fraction of sp³-hybridized carbons (Fsp3) is 0.217. The first-order valence-electron chi connectivity index (χ1n) is 9.71.